The lowest BCUT2D eigenvalue weighted by Gasteiger charge is -2.03. The van der Waals surface area contributed by atoms with E-state index >= 15 is 0 Å². The Labute approximate surface area is 86.8 Å². The third-order valence-electron chi connectivity index (χ3n) is 2.10. The summed E-state index contributed by atoms with van der Waals surface area (Å²) in [6.07, 6.45) is 5.56. The van der Waals surface area contributed by atoms with Crippen LogP contribution in [-0.4, -0.2) is 6.72 Å². The Morgan fingerprint density at radius 1 is 1.62 bits per heavy atom. The van der Waals surface area contributed by atoms with E-state index < -0.39 is 0 Å². The second-order valence-corrected chi connectivity index (χ2v) is 4.41. The van der Waals surface area contributed by atoms with Crippen molar-refractivity contribution in [3.63, 3.8) is 0 Å². The van der Waals surface area contributed by atoms with Crippen molar-refractivity contribution < 1.29 is 0 Å². The Morgan fingerprint density at radius 3 is 2.54 bits per heavy atom. The van der Waals surface area contributed by atoms with E-state index in [4.69, 9.17) is 5.26 Å². The molecule has 1 aliphatic rings. The maximum Gasteiger partial charge on any atom is 0.0994 e. The van der Waals surface area contributed by atoms with Crippen LogP contribution < -0.4 is 0 Å². The molecule has 0 unspecified atom stereocenters. The molecule has 1 saturated carbocycles. The van der Waals surface area contributed by atoms with E-state index in [9.17, 15) is 0 Å². The van der Waals surface area contributed by atoms with Gasteiger partial charge in [0.2, 0.25) is 0 Å². The lowest BCUT2D eigenvalue weighted by Crippen LogP contribution is -1.98. The van der Waals surface area contributed by atoms with Crippen molar-refractivity contribution in [2.45, 2.75) is 19.8 Å². The molecule has 3 heteroatoms. The van der Waals surface area contributed by atoms with Gasteiger partial charge in [-0.15, -0.1) is 0 Å². The molecule has 13 heavy (non-hydrogen) atoms. The van der Waals surface area contributed by atoms with Crippen LogP contribution in [0.15, 0.2) is 27.3 Å². The summed E-state index contributed by atoms with van der Waals surface area (Å²) < 4.78 is 1.02. The van der Waals surface area contributed by atoms with E-state index in [0.29, 0.717) is 0 Å². The normalized spacial score (nSPS) is 20.7. The molecule has 1 aliphatic carbocycles. The van der Waals surface area contributed by atoms with E-state index in [0.717, 1.165) is 23.0 Å². The van der Waals surface area contributed by atoms with E-state index in [1.807, 2.05) is 19.1 Å². The highest BCUT2D eigenvalue weighted by molar-refractivity contribution is 9.11. The number of hydrogen-bond acceptors (Lipinski definition) is 2. The van der Waals surface area contributed by atoms with Crippen LogP contribution in [0.3, 0.4) is 0 Å². The van der Waals surface area contributed by atoms with Crippen molar-refractivity contribution >= 4 is 22.6 Å². The van der Waals surface area contributed by atoms with Gasteiger partial charge in [0.1, 0.15) is 0 Å². The van der Waals surface area contributed by atoms with Gasteiger partial charge < -0.3 is 0 Å². The van der Waals surface area contributed by atoms with E-state index in [2.05, 4.69) is 33.7 Å². The monoisotopic (exact) mass is 238 g/mol. The van der Waals surface area contributed by atoms with Crippen LogP contribution in [0.4, 0.5) is 0 Å². The maximum atomic E-state index is 8.91. The Balaban J connectivity index is 2.87. The first-order chi connectivity index (χ1) is 6.14. The predicted octanol–water partition coefficient (Wildman–Crippen LogP) is 3.17. The van der Waals surface area contributed by atoms with Crippen LogP contribution in [-0.2, 0) is 0 Å². The maximum absolute atomic E-state index is 8.91. The summed E-state index contributed by atoms with van der Waals surface area (Å²) >= 11 is 3.31. The first-order valence-electron chi connectivity index (χ1n) is 4.07. The third kappa shape index (κ3) is 2.28. The van der Waals surface area contributed by atoms with Crippen molar-refractivity contribution in [2.24, 2.45) is 10.4 Å². The molecule has 68 valence electrons. The van der Waals surface area contributed by atoms with Crippen LogP contribution in [0.25, 0.3) is 0 Å². The lowest BCUT2D eigenvalue weighted by molar-refractivity contribution is 0.791. The van der Waals surface area contributed by atoms with Crippen molar-refractivity contribution in [2.75, 3.05) is 0 Å². The minimum absolute atomic E-state index is 0.333. The van der Waals surface area contributed by atoms with Crippen molar-refractivity contribution in [3.05, 3.63) is 22.3 Å². The molecule has 0 aliphatic heterocycles. The molecule has 1 rings (SSSR count). The molecule has 0 radical (unpaired) electrons. The predicted molar refractivity (Wildman–Crippen MR) is 57.6 cm³/mol. The van der Waals surface area contributed by atoms with Gasteiger partial charge in [0.05, 0.1) is 17.2 Å². The number of rotatable bonds is 3. The zero-order chi connectivity index (χ0) is 9.90. The average Bonchev–Trinajstić information content (AvgIpc) is 2.86. The van der Waals surface area contributed by atoms with Crippen molar-refractivity contribution in [3.8, 4) is 6.07 Å². The molecular weight excluding hydrogens is 228 g/mol. The summed E-state index contributed by atoms with van der Waals surface area (Å²) in [6, 6.07) is 2.28. The lowest BCUT2D eigenvalue weighted by atomic mass is 10.0. The van der Waals surface area contributed by atoms with Crippen LogP contribution in [0.2, 0.25) is 0 Å². The molecule has 0 aromatic heterocycles. The zero-order valence-electron chi connectivity index (χ0n) is 7.55. The number of nitrogens with zero attached hydrogens (tertiary/aromatic N) is 2. The van der Waals surface area contributed by atoms with E-state index in [1.54, 1.807) is 0 Å². The van der Waals surface area contributed by atoms with Gasteiger partial charge in [-0.05, 0) is 37.0 Å². The second kappa shape index (κ2) is 3.89. The highest BCUT2D eigenvalue weighted by atomic mass is 79.9. The number of allylic oxidation sites excluding steroid dienone is 4. The van der Waals surface area contributed by atoms with Gasteiger partial charge in [-0.25, -0.2) is 0 Å². The molecule has 0 bridgehead atoms. The van der Waals surface area contributed by atoms with Gasteiger partial charge in [0.15, 0.2) is 0 Å². The zero-order valence-corrected chi connectivity index (χ0v) is 9.13. The first-order valence-corrected chi connectivity index (χ1v) is 4.86. The Hall–Kier alpha value is -0.880. The largest absolute Gasteiger partial charge is 0.267 e. The summed E-state index contributed by atoms with van der Waals surface area (Å²) in [4.78, 5) is 3.89. The number of halogens is 1. The molecule has 0 amide bonds. The first kappa shape index (κ1) is 10.2. The smallest absolute Gasteiger partial charge is 0.0994 e. The van der Waals surface area contributed by atoms with Gasteiger partial charge in [0, 0.05) is 0 Å². The quantitative estimate of drug-likeness (QED) is 0.550. The fourth-order valence-electron chi connectivity index (χ4n) is 1.11. The fraction of sp³-hybridized carbons (Fsp3) is 0.400. The number of aliphatic imine (C=N–C) groups is 1. The topological polar surface area (TPSA) is 36.1 Å². The minimum Gasteiger partial charge on any atom is -0.267 e. The van der Waals surface area contributed by atoms with Crippen LogP contribution in [0.1, 0.15) is 19.8 Å². The standard InChI is InChI=1S/C10H11BrN2/c1-8(11)3-4-9(13-2)10(7-12)5-6-10/h3-4H,2,5-6H2,1H3/b8-3+,9-4-. The van der Waals surface area contributed by atoms with E-state index in [-0.39, 0.29) is 5.41 Å². The summed E-state index contributed by atoms with van der Waals surface area (Å²) in [7, 11) is 0. The summed E-state index contributed by atoms with van der Waals surface area (Å²) in [5.41, 5.74) is 0.453. The number of nitriles is 1. The number of hydrogen-bond donors (Lipinski definition) is 0. The van der Waals surface area contributed by atoms with Crippen molar-refractivity contribution in [1.29, 1.82) is 5.26 Å². The highest BCUT2D eigenvalue weighted by Gasteiger charge is 2.46. The summed E-state index contributed by atoms with van der Waals surface area (Å²) in [6.45, 7) is 5.41. The fourth-order valence-corrected chi connectivity index (χ4v) is 1.24. The minimum atomic E-state index is -0.333. The van der Waals surface area contributed by atoms with Gasteiger partial charge >= 0.3 is 0 Å². The Bertz CT molecular complexity index is 312. The summed E-state index contributed by atoms with van der Waals surface area (Å²) in [5.74, 6) is 0. The molecular formula is C10H11BrN2. The van der Waals surface area contributed by atoms with Crippen LogP contribution in [0.5, 0.6) is 0 Å². The second-order valence-electron chi connectivity index (χ2n) is 3.16. The molecule has 0 N–H and O–H groups in total. The van der Waals surface area contributed by atoms with Gasteiger partial charge in [0.25, 0.3) is 0 Å². The molecule has 2 nitrogen and oxygen atoms in total. The van der Waals surface area contributed by atoms with E-state index in [1.165, 1.54) is 0 Å². The SMILES string of the molecule is C=N/C(=C\C=C(/C)Br)C1(C#N)CC1. The molecule has 0 heterocycles. The summed E-state index contributed by atoms with van der Waals surface area (Å²) in [5, 5.41) is 8.91. The third-order valence-corrected chi connectivity index (χ3v) is 2.36. The molecule has 1 fully saturated rings. The Morgan fingerprint density at radius 2 is 2.23 bits per heavy atom. The molecule has 0 saturated heterocycles. The molecule has 0 aromatic rings. The van der Waals surface area contributed by atoms with Crippen LogP contribution in [0, 0.1) is 16.7 Å². The van der Waals surface area contributed by atoms with Gasteiger partial charge in [-0.1, -0.05) is 22.0 Å². The van der Waals surface area contributed by atoms with Gasteiger partial charge in [-0.3, -0.25) is 4.99 Å². The highest BCUT2D eigenvalue weighted by Crippen LogP contribution is 2.51. The van der Waals surface area contributed by atoms with Crippen molar-refractivity contribution in [1.82, 2.24) is 0 Å². The average molecular weight is 239 g/mol. The molecule has 0 spiro atoms. The molecule has 0 atom stereocenters. The molecule has 0 aromatic carbocycles. The Kier molecular flexibility index (Phi) is 3.05. The van der Waals surface area contributed by atoms with Gasteiger partial charge in [-0.2, -0.15) is 5.26 Å². The van der Waals surface area contributed by atoms with Crippen LogP contribution >= 0.6 is 15.9 Å².